The molecule has 7 nitrogen and oxygen atoms in total. The first-order chi connectivity index (χ1) is 4.50. The average Bonchev–Trinajstić information content (AvgIpc) is 1.58. The Labute approximate surface area is 111 Å². The van der Waals surface area contributed by atoms with Crippen LogP contribution in [0.5, 0.6) is 0 Å². The number of aliphatic hydroxyl groups is 1. The van der Waals surface area contributed by atoms with Crippen molar-refractivity contribution in [3.63, 3.8) is 0 Å². The Hall–Kier alpha value is 1.90. The van der Waals surface area contributed by atoms with Gasteiger partial charge in [0.2, 0.25) is 0 Å². The van der Waals surface area contributed by atoms with Crippen molar-refractivity contribution in [1.29, 1.82) is 0 Å². The number of hydrogen-bond donors (Lipinski definition) is 5. The van der Waals surface area contributed by atoms with Gasteiger partial charge in [-0.3, -0.25) is 9.13 Å². The normalized spacial score (nSPS) is 13.8. The summed E-state index contributed by atoms with van der Waals surface area (Å²) in [5.74, 6) is 0. The summed E-state index contributed by atoms with van der Waals surface area (Å²) in [6.07, 6.45) is 0. The van der Waals surface area contributed by atoms with Gasteiger partial charge in [-0.25, -0.2) is 0 Å². The van der Waals surface area contributed by atoms with Gasteiger partial charge in [0.1, 0.15) is 0 Å². The van der Waals surface area contributed by atoms with Crippen molar-refractivity contribution in [3.8, 4) is 0 Å². The fraction of sp³-hybridized carbons (Fsp3) is 1.00. The van der Waals surface area contributed by atoms with E-state index in [2.05, 4.69) is 0 Å². The van der Waals surface area contributed by atoms with Gasteiger partial charge in [0.05, 0.1) is 0 Å². The van der Waals surface area contributed by atoms with Gasteiger partial charge in [-0.05, 0) is 6.92 Å². The monoisotopic (exact) mass is 245 g/mol. The maximum Gasteiger partial charge on any atom is 1.00 e. The third kappa shape index (κ3) is 3.57. The van der Waals surface area contributed by atoms with Gasteiger partial charge in [-0.1, -0.05) is 0 Å². The van der Waals surface area contributed by atoms with Crippen molar-refractivity contribution in [2.45, 2.75) is 12.0 Å². The van der Waals surface area contributed by atoms with Crippen LogP contribution < -0.4 is 51.4 Å². The van der Waals surface area contributed by atoms with Gasteiger partial charge < -0.3 is 24.7 Å². The van der Waals surface area contributed by atoms with Crippen molar-refractivity contribution in [1.82, 2.24) is 0 Å². The molecule has 0 radical (unpaired) electrons. The van der Waals surface area contributed by atoms with Crippen LogP contribution in [0.25, 0.3) is 0 Å². The minimum atomic E-state index is -5.20. The Morgan fingerprint density at radius 1 is 1.00 bits per heavy atom. The molecule has 0 aliphatic heterocycles. The smallest absolute Gasteiger partial charge is 0.368 e. The Bertz CT molecular complexity index is 212. The molecule has 0 aliphatic rings. The number of hydrogen-bond acceptors (Lipinski definition) is 3. The van der Waals surface area contributed by atoms with Crippen LogP contribution >= 0.6 is 15.2 Å². The minimum Gasteiger partial charge on any atom is -0.368 e. The van der Waals surface area contributed by atoms with Gasteiger partial charge in [0.15, 0.2) is 0 Å². The third-order valence-corrected chi connectivity index (χ3v) is 4.87. The maximum atomic E-state index is 10.3. The Morgan fingerprint density at radius 2 is 1.17 bits per heavy atom. The van der Waals surface area contributed by atoms with Crippen molar-refractivity contribution < 1.29 is 85.2 Å². The molecule has 0 atom stereocenters. The zero-order chi connectivity index (χ0) is 9.50. The van der Waals surface area contributed by atoms with Crippen LogP contribution in [0.3, 0.4) is 0 Å². The van der Waals surface area contributed by atoms with Crippen LogP contribution in [0.15, 0.2) is 0 Å². The van der Waals surface area contributed by atoms with Gasteiger partial charge in [0, 0.05) is 0 Å². The first-order valence-corrected chi connectivity index (χ1v) is 5.56. The van der Waals surface area contributed by atoms with Crippen LogP contribution in [0.4, 0.5) is 0 Å². The zero-order valence-corrected chi connectivity index (χ0v) is 11.4. The van der Waals surface area contributed by atoms with E-state index in [1.54, 1.807) is 0 Å². The topological polar surface area (TPSA) is 135 Å². The van der Waals surface area contributed by atoms with E-state index < -0.39 is 20.3 Å². The van der Waals surface area contributed by atoms with E-state index >= 15 is 0 Å². The molecule has 0 unspecified atom stereocenters. The summed E-state index contributed by atoms with van der Waals surface area (Å²) in [5, 5.41) is 5.37. The predicted molar refractivity (Wildman–Crippen MR) is 34.7 cm³/mol. The molecular formula is C2H8KO7P2+. The molecule has 0 amide bonds. The second-order valence-corrected chi connectivity index (χ2v) is 6.33. The summed E-state index contributed by atoms with van der Waals surface area (Å²) in [6.45, 7) is 0.383. The van der Waals surface area contributed by atoms with Crippen molar-refractivity contribution in [2.24, 2.45) is 0 Å². The van der Waals surface area contributed by atoms with Gasteiger partial charge in [-0.2, -0.15) is 0 Å². The largest absolute Gasteiger partial charge is 1.00 e. The Kier molecular flexibility index (Phi) is 6.27. The van der Waals surface area contributed by atoms with Crippen LogP contribution in [0, 0.1) is 0 Å². The molecule has 0 fully saturated rings. The van der Waals surface area contributed by atoms with Gasteiger partial charge in [0.25, 0.3) is 5.08 Å². The molecule has 10 heteroatoms. The SMILES string of the molecule is CC(O)(P(=O)(O)O)P(=O)(O)O.[K+]. The fourth-order valence-corrected chi connectivity index (χ4v) is 1.53. The van der Waals surface area contributed by atoms with Crippen molar-refractivity contribution in [2.75, 3.05) is 0 Å². The molecule has 0 aromatic heterocycles. The molecule has 12 heavy (non-hydrogen) atoms. The van der Waals surface area contributed by atoms with Crippen LogP contribution in [-0.2, 0) is 9.13 Å². The Balaban J connectivity index is 0. The molecule has 0 heterocycles. The molecular weight excluding hydrogens is 237 g/mol. The second-order valence-electron chi connectivity index (χ2n) is 2.06. The van der Waals surface area contributed by atoms with E-state index in [9.17, 15) is 9.13 Å². The minimum absolute atomic E-state index is 0. The van der Waals surface area contributed by atoms with Crippen molar-refractivity contribution in [3.05, 3.63) is 0 Å². The summed E-state index contributed by atoms with van der Waals surface area (Å²) in [7, 11) is -10.4. The van der Waals surface area contributed by atoms with Crippen LogP contribution in [-0.4, -0.2) is 29.8 Å². The van der Waals surface area contributed by atoms with Crippen LogP contribution in [0.1, 0.15) is 6.92 Å². The first kappa shape index (κ1) is 16.3. The standard InChI is InChI=1S/C2H8O7P2.K/c1-2(3,10(4,5)6)11(7,8)9;/h3H,1H3,(H2,4,5,6)(H2,7,8,9);/q;+1. The predicted octanol–water partition coefficient (Wildman–Crippen LogP) is -3.99. The third-order valence-electron chi connectivity index (χ3n) is 1.10. The first-order valence-electron chi connectivity index (χ1n) is 2.34. The Morgan fingerprint density at radius 3 is 1.17 bits per heavy atom. The van der Waals surface area contributed by atoms with E-state index in [-0.39, 0.29) is 51.4 Å². The summed E-state index contributed by atoms with van der Waals surface area (Å²) < 4.78 is 20.5. The zero-order valence-electron chi connectivity index (χ0n) is 6.45. The summed E-state index contributed by atoms with van der Waals surface area (Å²) in [6, 6.07) is 0. The van der Waals surface area contributed by atoms with Crippen LogP contribution in [0.2, 0.25) is 0 Å². The van der Waals surface area contributed by atoms with E-state index in [1.165, 1.54) is 0 Å². The molecule has 0 aliphatic carbocycles. The summed E-state index contributed by atoms with van der Waals surface area (Å²) in [4.78, 5) is 33.0. The van der Waals surface area contributed by atoms with E-state index in [1.807, 2.05) is 0 Å². The summed E-state index contributed by atoms with van der Waals surface area (Å²) >= 11 is 0. The van der Waals surface area contributed by atoms with E-state index in [0.717, 1.165) is 0 Å². The van der Waals surface area contributed by atoms with Gasteiger partial charge >= 0.3 is 66.6 Å². The molecule has 5 N–H and O–H groups in total. The average molecular weight is 245 g/mol. The molecule has 0 aromatic rings. The maximum absolute atomic E-state index is 10.3. The molecule has 68 valence electrons. The quantitative estimate of drug-likeness (QED) is 0.247. The molecule has 0 saturated heterocycles. The number of rotatable bonds is 2. The molecule has 0 spiro atoms. The van der Waals surface area contributed by atoms with Gasteiger partial charge in [-0.15, -0.1) is 0 Å². The van der Waals surface area contributed by atoms with Crippen molar-refractivity contribution >= 4 is 15.2 Å². The second kappa shape index (κ2) is 4.61. The van der Waals surface area contributed by atoms with E-state index in [0.29, 0.717) is 6.92 Å². The fourth-order valence-electron chi connectivity index (χ4n) is 0.170. The molecule has 0 rings (SSSR count). The van der Waals surface area contributed by atoms with E-state index in [4.69, 9.17) is 24.7 Å². The molecule has 0 saturated carbocycles. The molecule has 0 bridgehead atoms. The molecule has 0 aromatic carbocycles. The summed E-state index contributed by atoms with van der Waals surface area (Å²) in [5.41, 5.74) is 0.